The van der Waals surface area contributed by atoms with Crippen LogP contribution in [0, 0.1) is 24.7 Å². The molecule has 1 aliphatic carbocycles. The Labute approximate surface area is 124 Å². The first-order chi connectivity index (χ1) is 9.61. The van der Waals surface area contributed by atoms with E-state index in [1.54, 1.807) is 0 Å². The van der Waals surface area contributed by atoms with E-state index in [-0.39, 0.29) is 12.5 Å². The Morgan fingerprint density at radius 2 is 2.35 bits per heavy atom. The number of nitrogens with one attached hydrogen (secondary N) is 1. The van der Waals surface area contributed by atoms with Crippen LogP contribution >= 0.6 is 11.3 Å². The molecule has 0 bridgehead atoms. The van der Waals surface area contributed by atoms with E-state index in [2.05, 4.69) is 24.1 Å². The Morgan fingerprint density at radius 1 is 1.55 bits per heavy atom. The minimum absolute atomic E-state index is 0.0204. The summed E-state index contributed by atoms with van der Waals surface area (Å²) in [5, 5.41) is 11.9. The molecule has 1 aromatic rings. The van der Waals surface area contributed by atoms with Gasteiger partial charge in [-0.15, -0.1) is 11.3 Å². The van der Waals surface area contributed by atoms with Crippen LogP contribution in [0.4, 0.5) is 0 Å². The summed E-state index contributed by atoms with van der Waals surface area (Å²) in [6, 6.07) is 2.22. The number of aliphatic hydroxyl groups excluding tert-OH is 1. The molecule has 20 heavy (non-hydrogen) atoms. The van der Waals surface area contributed by atoms with Gasteiger partial charge in [-0.2, -0.15) is 0 Å². The predicted molar refractivity (Wildman–Crippen MR) is 81.9 cm³/mol. The molecule has 0 radical (unpaired) electrons. The number of carbonyl (C=O) groups is 1. The zero-order chi connectivity index (χ0) is 14.5. The largest absolute Gasteiger partial charge is 0.395 e. The molecule has 2 rings (SSSR count). The second-order valence-electron chi connectivity index (χ2n) is 5.39. The standard InChI is InChI=1S/C16H21NO2S/c1-11-6-5-7-13(11)17-16(19)15-10-12(2)14(20-15)8-3-4-9-18/h10-11,13,18H,4-7,9H2,1-2H3,(H,17,19). The van der Waals surface area contributed by atoms with E-state index in [1.807, 2.05) is 13.0 Å². The molecule has 2 unspecified atom stereocenters. The van der Waals surface area contributed by atoms with Gasteiger partial charge in [-0.1, -0.05) is 25.2 Å². The molecule has 2 N–H and O–H groups in total. The van der Waals surface area contributed by atoms with E-state index in [1.165, 1.54) is 24.2 Å². The molecule has 4 heteroatoms. The molecule has 1 saturated carbocycles. The Morgan fingerprint density at radius 3 is 3.00 bits per heavy atom. The zero-order valence-electron chi connectivity index (χ0n) is 12.0. The maximum Gasteiger partial charge on any atom is 0.261 e. The summed E-state index contributed by atoms with van der Waals surface area (Å²) in [4.78, 5) is 13.9. The number of aliphatic hydroxyl groups is 1. The van der Waals surface area contributed by atoms with Gasteiger partial charge in [-0.3, -0.25) is 4.79 Å². The maximum absolute atomic E-state index is 12.3. The van der Waals surface area contributed by atoms with Gasteiger partial charge in [0.2, 0.25) is 0 Å². The summed E-state index contributed by atoms with van der Waals surface area (Å²) < 4.78 is 0. The average Bonchev–Trinajstić information content (AvgIpc) is 2.98. The molecule has 0 saturated heterocycles. The highest BCUT2D eigenvalue weighted by Gasteiger charge is 2.25. The van der Waals surface area contributed by atoms with Crippen LogP contribution in [0.25, 0.3) is 0 Å². The van der Waals surface area contributed by atoms with Gasteiger partial charge >= 0.3 is 0 Å². The first kappa shape index (κ1) is 15.1. The van der Waals surface area contributed by atoms with Crippen molar-refractivity contribution in [2.24, 2.45) is 5.92 Å². The molecule has 1 aliphatic rings. The van der Waals surface area contributed by atoms with Gasteiger partial charge < -0.3 is 10.4 Å². The number of carbonyl (C=O) groups excluding carboxylic acids is 1. The molecule has 0 aromatic carbocycles. The average molecular weight is 291 g/mol. The van der Waals surface area contributed by atoms with Gasteiger partial charge in [0.1, 0.15) is 0 Å². The second-order valence-corrected chi connectivity index (χ2v) is 6.44. The smallest absolute Gasteiger partial charge is 0.261 e. The fourth-order valence-corrected chi connectivity index (χ4v) is 3.47. The lowest BCUT2D eigenvalue weighted by molar-refractivity contribution is 0.0933. The minimum atomic E-state index is 0.0204. The van der Waals surface area contributed by atoms with Crippen molar-refractivity contribution in [1.82, 2.24) is 5.32 Å². The first-order valence-electron chi connectivity index (χ1n) is 7.13. The van der Waals surface area contributed by atoms with Crippen LogP contribution in [0.1, 0.15) is 52.7 Å². The van der Waals surface area contributed by atoms with Crippen molar-refractivity contribution in [1.29, 1.82) is 0 Å². The summed E-state index contributed by atoms with van der Waals surface area (Å²) in [5.41, 5.74) is 1.03. The van der Waals surface area contributed by atoms with Gasteiger partial charge in [0.25, 0.3) is 5.91 Å². The van der Waals surface area contributed by atoms with Gasteiger partial charge in [-0.05, 0) is 37.3 Å². The zero-order valence-corrected chi connectivity index (χ0v) is 12.8. The van der Waals surface area contributed by atoms with Crippen molar-refractivity contribution >= 4 is 17.2 Å². The van der Waals surface area contributed by atoms with Crippen LogP contribution < -0.4 is 5.32 Å². The third-order valence-corrected chi connectivity index (χ3v) is 4.91. The van der Waals surface area contributed by atoms with Crippen molar-refractivity contribution in [2.45, 2.75) is 45.6 Å². The van der Waals surface area contributed by atoms with E-state index in [0.29, 0.717) is 18.4 Å². The summed E-state index contributed by atoms with van der Waals surface area (Å²) in [5.74, 6) is 6.52. The normalized spacial score (nSPS) is 21.4. The highest BCUT2D eigenvalue weighted by Crippen LogP contribution is 2.26. The lowest BCUT2D eigenvalue weighted by Crippen LogP contribution is -2.35. The molecular formula is C16H21NO2S. The third kappa shape index (κ3) is 3.62. The fourth-order valence-electron chi connectivity index (χ4n) is 2.52. The molecule has 0 aliphatic heterocycles. The van der Waals surface area contributed by atoms with Crippen LogP contribution in [-0.2, 0) is 0 Å². The molecule has 1 amide bonds. The van der Waals surface area contributed by atoms with Crippen molar-refractivity contribution in [3.05, 3.63) is 21.4 Å². The number of aryl methyl sites for hydroxylation is 1. The first-order valence-corrected chi connectivity index (χ1v) is 7.94. The molecule has 1 heterocycles. The second kappa shape index (κ2) is 6.92. The highest BCUT2D eigenvalue weighted by molar-refractivity contribution is 7.14. The van der Waals surface area contributed by atoms with Crippen LogP contribution in [-0.4, -0.2) is 23.7 Å². The predicted octanol–water partition coefficient (Wildman–Crippen LogP) is 2.71. The quantitative estimate of drug-likeness (QED) is 0.841. The van der Waals surface area contributed by atoms with E-state index in [4.69, 9.17) is 5.11 Å². The van der Waals surface area contributed by atoms with Gasteiger partial charge in [0, 0.05) is 12.5 Å². The van der Waals surface area contributed by atoms with Crippen molar-refractivity contribution in [3.8, 4) is 11.8 Å². The minimum Gasteiger partial charge on any atom is -0.395 e. The maximum atomic E-state index is 12.3. The van der Waals surface area contributed by atoms with E-state index < -0.39 is 0 Å². The van der Waals surface area contributed by atoms with Crippen molar-refractivity contribution in [3.63, 3.8) is 0 Å². The molecule has 2 atom stereocenters. The van der Waals surface area contributed by atoms with Crippen LogP contribution in [0.5, 0.6) is 0 Å². The lowest BCUT2D eigenvalue weighted by atomic mass is 10.1. The van der Waals surface area contributed by atoms with Gasteiger partial charge in [0.05, 0.1) is 16.4 Å². The van der Waals surface area contributed by atoms with E-state index in [0.717, 1.165) is 21.7 Å². The third-order valence-electron chi connectivity index (χ3n) is 3.76. The Hall–Kier alpha value is -1.31. The molecular weight excluding hydrogens is 270 g/mol. The number of thiophene rings is 1. The van der Waals surface area contributed by atoms with Crippen molar-refractivity contribution in [2.75, 3.05) is 6.61 Å². The van der Waals surface area contributed by atoms with E-state index in [9.17, 15) is 4.79 Å². The Bertz CT molecular complexity index is 538. The van der Waals surface area contributed by atoms with Crippen LogP contribution in [0.3, 0.4) is 0 Å². The highest BCUT2D eigenvalue weighted by atomic mass is 32.1. The van der Waals surface area contributed by atoms with Gasteiger partial charge in [-0.25, -0.2) is 0 Å². The molecule has 1 fully saturated rings. The molecule has 1 aromatic heterocycles. The summed E-state index contributed by atoms with van der Waals surface area (Å²) >= 11 is 1.44. The Balaban J connectivity index is 2.04. The molecule has 3 nitrogen and oxygen atoms in total. The summed E-state index contributed by atoms with van der Waals surface area (Å²) in [7, 11) is 0. The monoisotopic (exact) mass is 291 g/mol. The number of hydrogen-bond donors (Lipinski definition) is 2. The molecule has 108 valence electrons. The van der Waals surface area contributed by atoms with E-state index >= 15 is 0 Å². The number of rotatable bonds is 3. The lowest BCUT2D eigenvalue weighted by Gasteiger charge is -2.16. The number of amides is 1. The number of hydrogen-bond acceptors (Lipinski definition) is 3. The summed E-state index contributed by atoms with van der Waals surface area (Å²) in [6.07, 6.45) is 3.96. The van der Waals surface area contributed by atoms with Crippen LogP contribution in [0.15, 0.2) is 6.07 Å². The Kier molecular flexibility index (Phi) is 5.22. The SMILES string of the molecule is Cc1cc(C(=O)NC2CCCC2C)sc1C#CCCO. The van der Waals surface area contributed by atoms with Crippen molar-refractivity contribution < 1.29 is 9.90 Å². The van der Waals surface area contributed by atoms with Crippen LogP contribution in [0.2, 0.25) is 0 Å². The topological polar surface area (TPSA) is 49.3 Å². The summed E-state index contributed by atoms with van der Waals surface area (Å²) in [6.45, 7) is 4.24. The van der Waals surface area contributed by atoms with Gasteiger partial charge in [0.15, 0.2) is 0 Å². The molecule has 0 spiro atoms. The fraction of sp³-hybridized carbons (Fsp3) is 0.562.